The molecule has 0 unspecified atom stereocenters. The van der Waals surface area contributed by atoms with Crippen LogP contribution in [-0.2, 0) is 21.2 Å². The van der Waals surface area contributed by atoms with E-state index in [0.717, 1.165) is 22.5 Å². The smallest absolute Gasteiger partial charge is 0.242 e. The number of benzene rings is 3. The molecule has 0 atom stereocenters. The summed E-state index contributed by atoms with van der Waals surface area (Å²) in [5.41, 5.74) is 2.74. The Balaban J connectivity index is 1.36. The number of rotatable bonds is 6. The highest BCUT2D eigenvalue weighted by molar-refractivity contribution is 7.91. The van der Waals surface area contributed by atoms with Crippen LogP contribution < -0.4 is 9.64 Å². The molecular formula is C28H29N3O4S. The summed E-state index contributed by atoms with van der Waals surface area (Å²) in [6.45, 7) is 4.58. The first-order valence-electron chi connectivity index (χ1n) is 11.9. The minimum absolute atomic E-state index is 0.0327. The van der Waals surface area contributed by atoms with Gasteiger partial charge in [-0.25, -0.2) is 8.42 Å². The lowest BCUT2D eigenvalue weighted by Crippen LogP contribution is -2.49. The zero-order valence-electron chi connectivity index (χ0n) is 20.4. The fourth-order valence-corrected chi connectivity index (χ4v) is 6.21. The van der Waals surface area contributed by atoms with Crippen LogP contribution in [0.1, 0.15) is 5.56 Å². The zero-order valence-corrected chi connectivity index (χ0v) is 21.2. The summed E-state index contributed by atoms with van der Waals surface area (Å²) >= 11 is 0. The van der Waals surface area contributed by atoms with Crippen molar-refractivity contribution in [1.29, 1.82) is 0 Å². The fraction of sp³-hybridized carbons (Fsp3) is 0.250. The molecule has 1 amide bonds. The van der Waals surface area contributed by atoms with Crippen LogP contribution in [0.2, 0.25) is 0 Å². The average molecular weight is 504 g/mol. The van der Waals surface area contributed by atoms with Crippen LogP contribution in [-0.4, -0.2) is 57.1 Å². The maximum absolute atomic E-state index is 13.5. The number of hydrogen-bond donors (Lipinski definition) is 0. The second-order valence-corrected chi connectivity index (χ2v) is 10.9. The third kappa shape index (κ3) is 4.44. The molecule has 1 saturated heterocycles. The molecule has 4 aromatic rings. The molecule has 186 valence electrons. The van der Waals surface area contributed by atoms with Crippen LogP contribution in [0.25, 0.3) is 10.9 Å². The van der Waals surface area contributed by atoms with Crippen molar-refractivity contribution in [3.63, 3.8) is 0 Å². The Bertz CT molecular complexity index is 1500. The molecule has 0 radical (unpaired) electrons. The molecule has 0 aliphatic carbocycles. The largest absolute Gasteiger partial charge is 0.495 e. The number of hydrogen-bond acceptors (Lipinski definition) is 5. The highest BCUT2D eigenvalue weighted by Gasteiger charge is 2.26. The lowest BCUT2D eigenvalue weighted by Gasteiger charge is -2.36. The van der Waals surface area contributed by atoms with Gasteiger partial charge in [-0.05, 0) is 37.3 Å². The number of anilines is 1. The molecule has 5 rings (SSSR count). The van der Waals surface area contributed by atoms with Gasteiger partial charge in [0.15, 0.2) is 0 Å². The summed E-state index contributed by atoms with van der Waals surface area (Å²) < 4.78 is 34.2. The molecule has 36 heavy (non-hydrogen) atoms. The first-order chi connectivity index (χ1) is 17.4. The van der Waals surface area contributed by atoms with Crippen LogP contribution in [0.3, 0.4) is 0 Å². The number of nitrogens with zero attached hydrogens (tertiary/aromatic N) is 3. The SMILES string of the molecule is COc1ccccc1N1CCN(C(=O)Cn2cc(S(=O)(=O)c3ccc(C)cc3)c3ccccc32)CC1. The van der Waals surface area contributed by atoms with E-state index < -0.39 is 9.84 Å². The number of aryl methyl sites for hydroxylation is 1. The van der Waals surface area contributed by atoms with Crippen LogP contribution in [0.4, 0.5) is 5.69 Å². The molecule has 1 aromatic heterocycles. The van der Waals surface area contributed by atoms with Crippen LogP contribution in [0.5, 0.6) is 5.75 Å². The normalized spacial score (nSPS) is 14.3. The Kier molecular flexibility index (Phi) is 6.45. The Morgan fingerprint density at radius 1 is 0.889 bits per heavy atom. The summed E-state index contributed by atoms with van der Waals surface area (Å²) in [4.78, 5) is 17.8. The van der Waals surface area contributed by atoms with Gasteiger partial charge in [-0.2, -0.15) is 0 Å². The van der Waals surface area contributed by atoms with Crippen molar-refractivity contribution in [3.8, 4) is 5.75 Å². The van der Waals surface area contributed by atoms with Crippen molar-refractivity contribution < 1.29 is 17.9 Å². The number of carbonyl (C=O) groups is 1. The van der Waals surface area contributed by atoms with Crippen molar-refractivity contribution in [2.24, 2.45) is 0 Å². The lowest BCUT2D eigenvalue weighted by molar-refractivity contribution is -0.132. The first kappa shape index (κ1) is 23.9. The van der Waals surface area contributed by atoms with Crippen molar-refractivity contribution in [2.45, 2.75) is 23.3 Å². The van der Waals surface area contributed by atoms with Gasteiger partial charge < -0.3 is 19.1 Å². The minimum atomic E-state index is -3.73. The van der Waals surface area contributed by atoms with Gasteiger partial charge in [-0.15, -0.1) is 0 Å². The number of sulfone groups is 1. The maximum Gasteiger partial charge on any atom is 0.242 e. The minimum Gasteiger partial charge on any atom is -0.495 e. The molecule has 7 nitrogen and oxygen atoms in total. The highest BCUT2D eigenvalue weighted by atomic mass is 32.2. The van der Waals surface area contributed by atoms with E-state index in [2.05, 4.69) is 4.90 Å². The molecule has 1 aliphatic rings. The van der Waals surface area contributed by atoms with Gasteiger partial charge >= 0.3 is 0 Å². The predicted octanol–water partition coefficient (Wildman–Crippen LogP) is 4.14. The van der Waals surface area contributed by atoms with Crippen LogP contribution in [0, 0.1) is 6.92 Å². The first-order valence-corrected chi connectivity index (χ1v) is 13.4. The highest BCUT2D eigenvalue weighted by Crippen LogP contribution is 2.31. The maximum atomic E-state index is 13.5. The molecular weight excluding hydrogens is 474 g/mol. The van der Waals surface area contributed by atoms with Crippen LogP contribution >= 0.6 is 0 Å². The van der Waals surface area contributed by atoms with Gasteiger partial charge in [0.25, 0.3) is 0 Å². The third-order valence-electron chi connectivity index (χ3n) is 6.74. The summed E-state index contributed by atoms with van der Waals surface area (Å²) in [7, 11) is -2.07. The van der Waals surface area contributed by atoms with E-state index in [1.54, 1.807) is 48.2 Å². The predicted molar refractivity (Wildman–Crippen MR) is 140 cm³/mol. The van der Waals surface area contributed by atoms with Gasteiger partial charge in [-0.1, -0.05) is 48.0 Å². The monoisotopic (exact) mass is 503 g/mol. The molecule has 0 bridgehead atoms. The number of piperazine rings is 1. The second-order valence-electron chi connectivity index (χ2n) is 8.99. The molecule has 0 saturated carbocycles. The Morgan fingerprint density at radius 2 is 1.56 bits per heavy atom. The topological polar surface area (TPSA) is 71.8 Å². The van der Waals surface area contributed by atoms with Gasteiger partial charge in [0.05, 0.1) is 22.6 Å². The molecule has 2 heterocycles. The standard InChI is InChI=1S/C28H29N3O4S/c1-21-11-13-22(14-12-21)36(33,34)27-19-31(24-8-4-3-7-23(24)27)20-28(32)30-17-15-29(16-18-30)25-9-5-6-10-26(25)35-2/h3-14,19H,15-18,20H2,1-2H3. The molecule has 8 heteroatoms. The van der Waals surface area contributed by atoms with Crippen molar-refractivity contribution in [3.05, 3.63) is 84.6 Å². The number of carbonyl (C=O) groups excluding carboxylic acids is 1. The lowest BCUT2D eigenvalue weighted by atomic mass is 10.2. The molecule has 1 aliphatic heterocycles. The number of para-hydroxylation sites is 3. The van der Waals surface area contributed by atoms with Gasteiger partial charge in [0.1, 0.15) is 12.3 Å². The molecule has 1 fully saturated rings. The Hall–Kier alpha value is -3.78. The number of fused-ring (bicyclic) bond motifs is 1. The van der Waals surface area contributed by atoms with E-state index >= 15 is 0 Å². The van der Waals surface area contributed by atoms with E-state index in [9.17, 15) is 13.2 Å². The quantitative estimate of drug-likeness (QED) is 0.396. The molecule has 0 N–H and O–H groups in total. The summed E-state index contributed by atoms with van der Waals surface area (Å²) in [6.07, 6.45) is 1.60. The second kappa shape index (κ2) is 9.70. The fourth-order valence-electron chi connectivity index (χ4n) is 4.74. The van der Waals surface area contributed by atoms with Crippen molar-refractivity contribution >= 4 is 32.3 Å². The van der Waals surface area contributed by atoms with Crippen molar-refractivity contribution in [2.75, 3.05) is 38.2 Å². The number of amides is 1. The summed E-state index contributed by atoms with van der Waals surface area (Å²) in [5, 5.41) is 0.617. The Morgan fingerprint density at radius 3 is 2.28 bits per heavy atom. The van der Waals surface area contributed by atoms with E-state index in [-0.39, 0.29) is 22.2 Å². The van der Waals surface area contributed by atoms with E-state index in [1.165, 1.54) is 0 Å². The van der Waals surface area contributed by atoms with E-state index in [1.807, 2.05) is 54.3 Å². The van der Waals surface area contributed by atoms with Gasteiger partial charge in [0, 0.05) is 43.3 Å². The number of ether oxygens (including phenoxy) is 1. The van der Waals surface area contributed by atoms with Gasteiger partial charge in [0.2, 0.25) is 15.7 Å². The van der Waals surface area contributed by atoms with Crippen molar-refractivity contribution in [1.82, 2.24) is 9.47 Å². The van der Waals surface area contributed by atoms with E-state index in [4.69, 9.17) is 4.74 Å². The van der Waals surface area contributed by atoms with Gasteiger partial charge in [-0.3, -0.25) is 4.79 Å². The summed E-state index contributed by atoms with van der Waals surface area (Å²) in [5.74, 6) is 0.785. The molecule has 3 aromatic carbocycles. The van der Waals surface area contributed by atoms with Crippen LogP contribution in [0.15, 0.2) is 88.8 Å². The van der Waals surface area contributed by atoms with E-state index in [0.29, 0.717) is 31.6 Å². The average Bonchev–Trinajstić information content (AvgIpc) is 3.28. The molecule has 0 spiro atoms. The zero-order chi connectivity index (χ0) is 25.3. The number of methoxy groups -OCH3 is 1. The third-order valence-corrected chi connectivity index (χ3v) is 8.53. The Labute approximate surface area is 211 Å². The number of aromatic nitrogens is 1. The summed E-state index contributed by atoms with van der Waals surface area (Å²) in [6, 6.07) is 22.1.